The van der Waals surface area contributed by atoms with E-state index < -0.39 is 0 Å². The van der Waals surface area contributed by atoms with Gasteiger partial charge in [0.2, 0.25) is 0 Å². The normalized spacial score (nSPS) is 15.1. The first kappa shape index (κ1) is 21.3. The summed E-state index contributed by atoms with van der Waals surface area (Å²) in [5, 5.41) is 3.11. The summed E-state index contributed by atoms with van der Waals surface area (Å²) in [5.74, 6) is -0.0970. The van der Waals surface area contributed by atoms with Gasteiger partial charge in [-0.3, -0.25) is 19.3 Å². The molecule has 4 aromatic rings. The number of aryl methyl sites for hydroxylation is 2. The van der Waals surface area contributed by atoms with Crippen molar-refractivity contribution in [3.63, 3.8) is 0 Å². The van der Waals surface area contributed by atoms with Gasteiger partial charge in [-0.05, 0) is 54.5 Å². The number of hydrogen-bond donors (Lipinski definition) is 1. The molecule has 6 rings (SSSR count). The molecule has 1 aliphatic carbocycles. The number of fused-ring (bicyclic) bond motifs is 3. The number of nitrogens with zero attached hydrogens (tertiary/aromatic N) is 2. The van der Waals surface area contributed by atoms with E-state index in [0.717, 1.165) is 24.0 Å². The van der Waals surface area contributed by atoms with Gasteiger partial charge in [-0.2, -0.15) is 0 Å². The van der Waals surface area contributed by atoms with Crippen LogP contribution in [0.1, 0.15) is 44.7 Å². The monoisotopic (exact) mass is 487 g/mol. The Bertz CT molecular complexity index is 1490. The number of imide groups is 1. The number of benzene rings is 2. The average Bonchev–Trinajstić information content (AvgIpc) is 3.39. The predicted octanol–water partition coefficient (Wildman–Crippen LogP) is 4.92. The van der Waals surface area contributed by atoms with E-state index in [1.165, 1.54) is 52.0 Å². The third-order valence-corrected chi connectivity index (χ3v) is 8.24. The molecule has 2 aromatic heterocycles. The molecule has 2 amide bonds. The smallest absolute Gasteiger partial charge is 0.261 e. The predicted molar refractivity (Wildman–Crippen MR) is 135 cm³/mol. The number of H-pyrrole nitrogens is 1. The molecule has 0 saturated carbocycles. The Morgan fingerprint density at radius 2 is 1.68 bits per heavy atom. The lowest BCUT2D eigenvalue weighted by Gasteiger charge is -2.16. The first-order valence-corrected chi connectivity index (χ1v) is 13.2. The highest BCUT2D eigenvalue weighted by molar-refractivity contribution is 7.99. The Morgan fingerprint density at radius 1 is 0.941 bits per heavy atom. The molecule has 8 heteroatoms. The molecule has 1 aliphatic heterocycles. The number of hydrogen-bond acceptors (Lipinski definition) is 6. The maximum atomic E-state index is 13.0. The van der Waals surface area contributed by atoms with Crippen molar-refractivity contribution in [2.75, 3.05) is 12.3 Å². The van der Waals surface area contributed by atoms with Crippen LogP contribution < -0.4 is 5.56 Å². The molecule has 0 radical (unpaired) electrons. The fourth-order valence-corrected chi connectivity index (χ4v) is 6.58. The first-order valence-electron chi connectivity index (χ1n) is 11.3. The molecule has 34 heavy (non-hydrogen) atoms. The molecule has 3 heterocycles. The van der Waals surface area contributed by atoms with E-state index in [1.807, 2.05) is 5.38 Å². The molecule has 0 atom stereocenters. The fourth-order valence-electron chi connectivity index (χ4n) is 4.79. The number of rotatable bonds is 5. The summed E-state index contributed by atoms with van der Waals surface area (Å²) < 4.78 is 0. The second-order valence-corrected chi connectivity index (χ2v) is 10.5. The lowest BCUT2D eigenvalue weighted by molar-refractivity contribution is 0.0664. The Kier molecular flexibility index (Phi) is 5.34. The summed E-state index contributed by atoms with van der Waals surface area (Å²) in [6, 6.07) is 13.4. The van der Waals surface area contributed by atoms with Gasteiger partial charge in [-0.15, -0.1) is 11.3 Å². The maximum absolute atomic E-state index is 13.0. The van der Waals surface area contributed by atoms with Crippen LogP contribution in [0.3, 0.4) is 0 Å². The number of thiophene rings is 1. The summed E-state index contributed by atoms with van der Waals surface area (Å²) >= 11 is 2.80. The number of thioether (sulfide) groups is 1. The van der Waals surface area contributed by atoms with Crippen LogP contribution in [0.25, 0.3) is 21.3 Å². The van der Waals surface area contributed by atoms with Crippen LogP contribution in [0, 0.1) is 0 Å². The van der Waals surface area contributed by atoms with Crippen LogP contribution in [-0.4, -0.2) is 39.0 Å². The van der Waals surface area contributed by atoms with Gasteiger partial charge in [0.15, 0.2) is 5.16 Å². The van der Waals surface area contributed by atoms with E-state index in [1.54, 1.807) is 24.3 Å². The molecule has 2 aliphatic rings. The molecule has 0 fully saturated rings. The van der Waals surface area contributed by atoms with Gasteiger partial charge in [-0.25, -0.2) is 4.98 Å². The number of carbonyl (C=O) groups is 2. The van der Waals surface area contributed by atoms with Crippen LogP contribution in [0.4, 0.5) is 0 Å². The average molecular weight is 488 g/mol. The number of nitrogens with one attached hydrogen (secondary N) is 1. The summed E-state index contributed by atoms with van der Waals surface area (Å²) in [7, 11) is 0. The summed E-state index contributed by atoms with van der Waals surface area (Å²) in [4.78, 5) is 47.5. The van der Waals surface area contributed by atoms with Gasteiger partial charge in [0.1, 0.15) is 4.83 Å². The highest BCUT2D eigenvalue weighted by Crippen LogP contribution is 2.34. The minimum absolute atomic E-state index is 0.165. The van der Waals surface area contributed by atoms with E-state index >= 15 is 0 Å². The lowest BCUT2D eigenvalue weighted by atomic mass is 9.89. The summed E-state index contributed by atoms with van der Waals surface area (Å²) in [6.07, 6.45) is 4.67. The molecule has 2 aromatic carbocycles. The van der Waals surface area contributed by atoms with Gasteiger partial charge in [0.25, 0.3) is 17.4 Å². The zero-order chi connectivity index (χ0) is 23.2. The number of aromatic amines is 1. The van der Waals surface area contributed by atoms with Crippen molar-refractivity contribution in [3.8, 4) is 11.1 Å². The van der Waals surface area contributed by atoms with Crippen LogP contribution in [-0.2, 0) is 12.8 Å². The van der Waals surface area contributed by atoms with Crippen molar-refractivity contribution < 1.29 is 9.59 Å². The second-order valence-electron chi connectivity index (χ2n) is 8.55. The van der Waals surface area contributed by atoms with Crippen LogP contribution in [0.2, 0.25) is 0 Å². The number of aromatic nitrogens is 2. The lowest BCUT2D eigenvalue weighted by Crippen LogP contribution is -2.31. The third-order valence-electron chi connectivity index (χ3n) is 6.51. The highest BCUT2D eigenvalue weighted by atomic mass is 32.2. The topological polar surface area (TPSA) is 83.1 Å². The van der Waals surface area contributed by atoms with E-state index in [2.05, 4.69) is 28.2 Å². The Hall–Kier alpha value is -3.23. The van der Waals surface area contributed by atoms with Crippen molar-refractivity contribution in [2.45, 2.75) is 30.8 Å². The third kappa shape index (κ3) is 3.58. The van der Waals surface area contributed by atoms with Gasteiger partial charge >= 0.3 is 0 Å². The van der Waals surface area contributed by atoms with Gasteiger partial charge in [0.05, 0.1) is 16.5 Å². The summed E-state index contributed by atoms with van der Waals surface area (Å²) in [6.45, 7) is 0.254. The Balaban J connectivity index is 1.21. The van der Waals surface area contributed by atoms with Crippen molar-refractivity contribution in [1.82, 2.24) is 14.9 Å². The van der Waals surface area contributed by atoms with Crippen LogP contribution in [0.5, 0.6) is 0 Å². The first-order chi connectivity index (χ1) is 16.6. The van der Waals surface area contributed by atoms with Crippen molar-refractivity contribution in [1.29, 1.82) is 0 Å². The van der Waals surface area contributed by atoms with E-state index in [-0.39, 0.29) is 23.9 Å². The molecule has 6 nitrogen and oxygen atoms in total. The Morgan fingerprint density at radius 3 is 2.44 bits per heavy atom. The van der Waals surface area contributed by atoms with Gasteiger partial charge < -0.3 is 4.98 Å². The quantitative estimate of drug-likeness (QED) is 0.245. The van der Waals surface area contributed by atoms with Crippen molar-refractivity contribution in [2.24, 2.45) is 0 Å². The minimum Gasteiger partial charge on any atom is -0.301 e. The van der Waals surface area contributed by atoms with E-state index in [9.17, 15) is 14.4 Å². The molecular formula is C26H21N3O3S2. The molecule has 0 unspecified atom stereocenters. The van der Waals surface area contributed by atoms with Crippen molar-refractivity contribution in [3.05, 3.63) is 80.5 Å². The van der Waals surface area contributed by atoms with E-state index in [0.29, 0.717) is 32.3 Å². The molecular weight excluding hydrogens is 466 g/mol. The zero-order valence-corrected chi connectivity index (χ0v) is 19.9. The Labute approximate surface area is 204 Å². The maximum Gasteiger partial charge on any atom is 0.261 e. The van der Waals surface area contributed by atoms with Crippen LogP contribution in [0.15, 0.2) is 57.8 Å². The molecule has 0 bridgehead atoms. The molecule has 0 saturated heterocycles. The molecule has 1 N–H and O–H groups in total. The SMILES string of the molecule is O=C1c2ccccc2C(=O)N1CCSc1nc2scc(-c3ccc4c(c3)CCCC4)c2c(=O)[nH]1. The largest absolute Gasteiger partial charge is 0.301 e. The van der Waals surface area contributed by atoms with Crippen molar-refractivity contribution >= 4 is 45.1 Å². The van der Waals surface area contributed by atoms with Gasteiger partial charge in [0, 0.05) is 23.2 Å². The standard InChI is InChI=1S/C26H21N3O3S2/c30-22-21-20(17-10-9-15-5-1-2-6-16(15)13-17)14-34-23(21)28-26(27-22)33-12-11-29-24(31)18-7-3-4-8-19(18)25(29)32/h3-4,7-10,13-14H,1-2,5-6,11-12H2,(H,27,28,30). The summed E-state index contributed by atoms with van der Waals surface area (Å²) in [5.41, 5.74) is 5.50. The highest BCUT2D eigenvalue weighted by Gasteiger charge is 2.34. The second kappa shape index (κ2) is 8.52. The zero-order valence-electron chi connectivity index (χ0n) is 18.3. The number of carbonyl (C=O) groups excluding carboxylic acids is 2. The molecule has 170 valence electrons. The fraction of sp³-hybridized carbons (Fsp3) is 0.231. The number of amides is 2. The molecule has 0 spiro atoms. The minimum atomic E-state index is -0.272. The van der Waals surface area contributed by atoms with Crippen LogP contribution >= 0.6 is 23.1 Å². The van der Waals surface area contributed by atoms with Gasteiger partial charge in [-0.1, -0.05) is 42.1 Å². The van der Waals surface area contributed by atoms with E-state index in [4.69, 9.17) is 0 Å².